The van der Waals surface area contributed by atoms with Crippen LogP contribution in [0.1, 0.15) is 227 Å². The van der Waals surface area contributed by atoms with Crippen LogP contribution >= 0.6 is 0 Å². The lowest BCUT2D eigenvalue weighted by Crippen LogP contribution is -2.25. The Morgan fingerprint density at radius 3 is 1.18 bits per heavy atom. The lowest BCUT2D eigenvalue weighted by atomic mass is 10.0. The van der Waals surface area contributed by atoms with Gasteiger partial charge in [-0.2, -0.15) is 0 Å². The number of amides is 2. The number of rotatable bonds is 34. The zero-order chi connectivity index (χ0) is 36.6. The van der Waals surface area contributed by atoms with Gasteiger partial charge in [0.1, 0.15) is 5.75 Å². The first-order chi connectivity index (χ1) is 25.1. The highest BCUT2D eigenvalue weighted by Crippen LogP contribution is 2.26. The Bertz CT molecular complexity index is 1160. The number of phenolic OH excluding ortho intramolecular Hbond substituents is 1. The van der Waals surface area contributed by atoms with Crippen LogP contribution in [-0.4, -0.2) is 30.0 Å². The van der Waals surface area contributed by atoms with E-state index in [1.807, 2.05) is 12.1 Å². The number of hydrogen-bond acceptors (Lipinski definition) is 3. The Morgan fingerprint density at radius 1 is 0.431 bits per heavy atom. The molecule has 2 rings (SSSR count). The van der Waals surface area contributed by atoms with Crippen LogP contribution in [0.15, 0.2) is 30.3 Å². The number of unbranched alkanes of at least 4 members (excludes halogenated alkanes) is 28. The summed E-state index contributed by atoms with van der Waals surface area (Å²) in [5, 5.41) is 18.2. The normalized spacial score (nSPS) is 11.3. The van der Waals surface area contributed by atoms with Crippen LogP contribution < -0.4 is 10.6 Å². The van der Waals surface area contributed by atoms with Crippen LogP contribution in [-0.2, 0) is 0 Å². The predicted octanol–water partition coefficient (Wildman–Crippen LogP) is 13.7. The maximum absolute atomic E-state index is 12.9. The average Bonchev–Trinajstić information content (AvgIpc) is 3.13. The summed E-state index contributed by atoms with van der Waals surface area (Å²) in [4.78, 5) is 25.8. The maximum Gasteiger partial charge on any atom is 0.255 e. The monoisotopic (exact) mass is 707 g/mol. The third kappa shape index (κ3) is 22.2. The van der Waals surface area contributed by atoms with Gasteiger partial charge in [-0.25, -0.2) is 0 Å². The summed E-state index contributed by atoms with van der Waals surface area (Å²) in [5.41, 5.74) is 0.845. The molecule has 0 fully saturated rings. The molecule has 0 spiro atoms. The minimum absolute atomic E-state index is 0.0261. The second-order valence-electron chi connectivity index (χ2n) is 15.3. The second-order valence-corrected chi connectivity index (χ2v) is 15.3. The Balaban J connectivity index is 1.53. The standard InChI is InChI=1S/C46H78N2O3/c1-3-5-7-9-11-13-15-17-19-21-23-25-27-29-31-35-47-45(50)41-34-33-40-39-44(49)43(38-42(40)37-41)46(51)48-36-32-30-28-26-24-22-20-18-16-14-12-10-8-6-4-2/h33-34,37-39,49H,3-32,35-36H2,1-2H3,(H,47,50)(H,48,51). The van der Waals surface area contributed by atoms with E-state index in [1.54, 1.807) is 18.2 Å². The van der Waals surface area contributed by atoms with Crippen molar-refractivity contribution < 1.29 is 14.7 Å². The summed E-state index contributed by atoms with van der Waals surface area (Å²) < 4.78 is 0. The highest BCUT2D eigenvalue weighted by molar-refractivity contribution is 6.03. The van der Waals surface area contributed by atoms with Crippen LogP contribution in [0.2, 0.25) is 0 Å². The van der Waals surface area contributed by atoms with Crippen LogP contribution in [0, 0.1) is 0 Å². The van der Waals surface area contributed by atoms with E-state index in [4.69, 9.17) is 0 Å². The van der Waals surface area contributed by atoms with Crippen molar-refractivity contribution in [1.29, 1.82) is 0 Å². The summed E-state index contributed by atoms with van der Waals surface area (Å²) in [6, 6.07) is 8.78. The average molecular weight is 707 g/mol. The summed E-state index contributed by atoms with van der Waals surface area (Å²) in [6.45, 7) is 5.84. The molecule has 5 heteroatoms. The van der Waals surface area contributed by atoms with E-state index in [0.29, 0.717) is 18.7 Å². The number of fused-ring (bicyclic) bond motifs is 1. The van der Waals surface area contributed by atoms with E-state index in [1.165, 1.54) is 167 Å². The molecule has 51 heavy (non-hydrogen) atoms. The Labute approximate surface area is 313 Å². The van der Waals surface area contributed by atoms with Gasteiger partial charge in [0.15, 0.2) is 0 Å². The fourth-order valence-electron chi connectivity index (χ4n) is 7.20. The van der Waals surface area contributed by atoms with Gasteiger partial charge in [0.05, 0.1) is 5.56 Å². The number of phenols is 1. The summed E-state index contributed by atoms with van der Waals surface area (Å²) >= 11 is 0. The van der Waals surface area contributed by atoms with E-state index < -0.39 is 0 Å². The fraction of sp³-hybridized carbons (Fsp3) is 0.739. The number of hydrogen-bond donors (Lipinski definition) is 3. The predicted molar refractivity (Wildman–Crippen MR) is 220 cm³/mol. The largest absolute Gasteiger partial charge is 0.507 e. The van der Waals surface area contributed by atoms with Gasteiger partial charge in [-0.1, -0.05) is 200 Å². The van der Waals surface area contributed by atoms with Gasteiger partial charge in [0, 0.05) is 18.7 Å². The van der Waals surface area contributed by atoms with Gasteiger partial charge < -0.3 is 15.7 Å². The van der Waals surface area contributed by atoms with Crippen molar-refractivity contribution in [3.63, 3.8) is 0 Å². The van der Waals surface area contributed by atoms with Crippen molar-refractivity contribution in [1.82, 2.24) is 10.6 Å². The maximum atomic E-state index is 12.9. The SMILES string of the molecule is CCCCCCCCCCCCCCCCCNC(=O)c1ccc2cc(O)c(C(=O)NCCCCCCCCCCCCCCCCC)cc2c1. The highest BCUT2D eigenvalue weighted by atomic mass is 16.3. The van der Waals surface area contributed by atoms with Crippen LogP contribution in [0.25, 0.3) is 10.8 Å². The molecule has 0 radical (unpaired) electrons. The molecule has 0 unspecified atom stereocenters. The van der Waals surface area contributed by atoms with Gasteiger partial charge in [0.2, 0.25) is 0 Å². The van der Waals surface area contributed by atoms with Crippen LogP contribution in [0.4, 0.5) is 0 Å². The number of carbonyl (C=O) groups is 2. The Morgan fingerprint density at radius 2 is 0.784 bits per heavy atom. The zero-order valence-corrected chi connectivity index (χ0v) is 33.3. The Hall–Kier alpha value is -2.56. The van der Waals surface area contributed by atoms with Crippen molar-refractivity contribution in [2.24, 2.45) is 0 Å². The van der Waals surface area contributed by atoms with Gasteiger partial charge in [-0.05, 0) is 47.9 Å². The van der Waals surface area contributed by atoms with Gasteiger partial charge >= 0.3 is 0 Å². The van der Waals surface area contributed by atoms with Gasteiger partial charge in [0.25, 0.3) is 11.8 Å². The first-order valence-corrected chi connectivity index (χ1v) is 21.9. The number of benzene rings is 2. The molecule has 0 atom stereocenters. The molecule has 2 aromatic carbocycles. The molecule has 3 N–H and O–H groups in total. The van der Waals surface area contributed by atoms with E-state index in [2.05, 4.69) is 24.5 Å². The summed E-state index contributed by atoms with van der Waals surface area (Å²) in [6.07, 6.45) is 39.6. The molecule has 0 bridgehead atoms. The molecular weight excluding hydrogens is 629 g/mol. The second kappa shape index (κ2) is 31.0. The fourth-order valence-corrected chi connectivity index (χ4v) is 7.20. The first-order valence-electron chi connectivity index (χ1n) is 21.9. The van der Waals surface area contributed by atoms with Crippen molar-refractivity contribution in [2.75, 3.05) is 13.1 Å². The Kier molecular flexibility index (Phi) is 27.1. The molecule has 0 aliphatic rings. The topological polar surface area (TPSA) is 78.4 Å². The lowest BCUT2D eigenvalue weighted by Gasteiger charge is -2.10. The molecule has 2 aromatic rings. The third-order valence-electron chi connectivity index (χ3n) is 10.6. The van der Waals surface area contributed by atoms with Crippen molar-refractivity contribution in [2.45, 2.75) is 206 Å². The van der Waals surface area contributed by atoms with Crippen LogP contribution in [0.3, 0.4) is 0 Å². The minimum atomic E-state index is -0.261. The molecule has 5 nitrogen and oxygen atoms in total. The zero-order valence-electron chi connectivity index (χ0n) is 33.3. The number of carbonyl (C=O) groups excluding carboxylic acids is 2. The van der Waals surface area contributed by atoms with Crippen molar-refractivity contribution >= 4 is 22.6 Å². The minimum Gasteiger partial charge on any atom is -0.507 e. The van der Waals surface area contributed by atoms with Gasteiger partial charge in [-0.15, -0.1) is 0 Å². The van der Waals surface area contributed by atoms with Gasteiger partial charge in [-0.3, -0.25) is 9.59 Å². The van der Waals surface area contributed by atoms with E-state index >= 15 is 0 Å². The third-order valence-corrected chi connectivity index (χ3v) is 10.6. The number of aromatic hydroxyl groups is 1. The van der Waals surface area contributed by atoms with Crippen molar-refractivity contribution in [3.8, 4) is 5.75 Å². The molecular formula is C46H78N2O3. The smallest absolute Gasteiger partial charge is 0.255 e. The summed E-state index contributed by atoms with van der Waals surface area (Å²) in [7, 11) is 0. The quantitative estimate of drug-likeness (QED) is 0.0634. The molecule has 0 saturated carbocycles. The molecule has 0 aliphatic heterocycles. The molecule has 0 heterocycles. The van der Waals surface area contributed by atoms with Crippen molar-refractivity contribution in [3.05, 3.63) is 41.5 Å². The first kappa shape index (κ1) is 44.6. The highest BCUT2D eigenvalue weighted by Gasteiger charge is 2.14. The molecule has 2 amide bonds. The number of nitrogens with one attached hydrogen (secondary N) is 2. The van der Waals surface area contributed by atoms with E-state index in [0.717, 1.165) is 36.5 Å². The molecule has 0 aliphatic carbocycles. The molecule has 0 aromatic heterocycles. The summed E-state index contributed by atoms with van der Waals surface area (Å²) in [5.74, 6) is -0.376. The van der Waals surface area contributed by atoms with E-state index in [-0.39, 0.29) is 23.1 Å². The van der Waals surface area contributed by atoms with Crippen LogP contribution in [0.5, 0.6) is 5.75 Å². The van der Waals surface area contributed by atoms with E-state index in [9.17, 15) is 14.7 Å². The molecule has 290 valence electrons. The lowest BCUT2D eigenvalue weighted by molar-refractivity contribution is 0.0943. The molecule has 0 saturated heterocycles.